The first-order chi connectivity index (χ1) is 9.71. The normalized spacial score (nSPS) is 20.8. The minimum atomic E-state index is 0.269. The van der Waals surface area contributed by atoms with Crippen molar-refractivity contribution >= 4 is 17.8 Å². The van der Waals surface area contributed by atoms with E-state index in [1.54, 1.807) is 0 Å². The van der Waals surface area contributed by atoms with Gasteiger partial charge in [0.1, 0.15) is 0 Å². The number of nitrogen functional groups attached to an aromatic ring is 1. The van der Waals surface area contributed by atoms with Crippen molar-refractivity contribution in [2.24, 2.45) is 5.41 Å². The Bertz CT molecular complexity index is 470. The Morgan fingerprint density at radius 1 is 1.25 bits per heavy atom. The second kappa shape index (κ2) is 5.40. The topological polar surface area (TPSA) is 89.2 Å². The van der Waals surface area contributed by atoms with E-state index in [9.17, 15) is 0 Å². The number of ether oxygens (including phenoxy) is 1. The van der Waals surface area contributed by atoms with Crippen LogP contribution in [0.2, 0.25) is 0 Å². The highest BCUT2D eigenvalue weighted by atomic mass is 16.5. The molecular formula is C13H22N6O. The molecule has 0 aromatic carbocycles. The summed E-state index contributed by atoms with van der Waals surface area (Å²) >= 11 is 0. The Morgan fingerprint density at radius 2 is 2.00 bits per heavy atom. The molecule has 1 aromatic rings. The van der Waals surface area contributed by atoms with Gasteiger partial charge in [-0.15, -0.1) is 0 Å². The number of hydrogen-bond donors (Lipinski definition) is 2. The average molecular weight is 278 g/mol. The van der Waals surface area contributed by atoms with Gasteiger partial charge in [0.25, 0.3) is 0 Å². The van der Waals surface area contributed by atoms with Crippen LogP contribution in [0.4, 0.5) is 17.8 Å². The highest BCUT2D eigenvalue weighted by Crippen LogP contribution is 2.48. The molecule has 0 radical (unpaired) electrons. The maximum atomic E-state index is 5.79. The number of nitrogens with two attached hydrogens (primary N) is 1. The van der Waals surface area contributed by atoms with Crippen LogP contribution in [0.5, 0.6) is 0 Å². The van der Waals surface area contributed by atoms with Gasteiger partial charge in [-0.3, -0.25) is 0 Å². The highest BCUT2D eigenvalue weighted by molar-refractivity contribution is 5.42. The third-order valence-corrected chi connectivity index (χ3v) is 4.26. The van der Waals surface area contributed by atoms with E-state index >= 15 is 0 Å². The lowest BCUT2D eigenvalue weighted by molar-refractivity contribution is 0.122. The summed E-state index contributed by atoms with van der Waals surface area (Å²) in [6.45, 7) is 6.13. The van der Waals surface area contributed by atoms with Crippen LogP contribution in [-0.2, 0) is 4.74 Å². The molecule has 1 saturated carbocycles. The van der Waals surface area contributed by atoms with Gasteiger partial charge in [0.15, 0.2) is 0 Å². The smallest absolute Gasteiger partial charge is 0.232 e. The maximum Gasteiger partial charge on any atom is 0.232 e. The zero-order valence-electron chi connectivity index (χ0n) is 11.9. The Labute approximate surface area is 118 Å². The van der Waals surface area contributed by atoms with E-state index in [-0.39, 0.29) is 5.95 Å². The van der Waals surface area contributed by atoms with E-state index in [1.165, 1.54) is 19.3 Å². The first kappa shape index (κ1) is 13.4. The van der Waals surface area contributed by atoms with Crippen LogP contribution in [0.15, 0.2) is 0 Å². The van der Waals surface area contributed by atoms with Gasteiger partial charge in [-0.25, -0.2) is 0 Å². The molecule has 1 saturated heterocycles. The fourth-order valence-electron chi connectivity index (χ4n) is 2.46. The van der Waals surface area contributed by atoms with Crippen molar-refractivity contribution in [1.82, 2.24) is 15.0 Å². The van der Waals surface area contributed by atoms with Crippen molar-refractivity contribution < 1.29 is 4.74 Å². The molecule has 1 aliphatic heterocycles. The van der Waals surface area contributed by atoms with Gasteiger partial charge in [0.05, 0.1) is 13.2 Å². The molecule has 3 N–H and O–H groups in total. The Kier molecular flexibility index (Phi) is 3.60. The van der Waals surface area contributed by atoms with Crippen LogP contribution in [0.25, 0.3) is 0 Å². The van der Waals surface area contributed by atoms with Crippen LogP contribution in [-0.4, -0.2) is 47.8 Å². The van der Waals surface area contributed by atoms with E-state index in [1.807, 2.05) is 0 Å². The van der Waals surface area contributed by atoms with E-state index < -0.39 is 0 Å². The zero-order chi connectivity index (χ0) is 14.0. The molecule has 2 heterocycles. The van der Waals surface area contributed by atoms with Crippen molar-refractivity contribution in [2.45, 2.75) is 26.2 Å². The molecule has 0 amide bonds. The summed E-state index contributed by atoms with van der Waals surface area (Å²) in [6.07, 6.45) is 3.76. The van der Waals surface area contributed by atoms with Gasteiger partial charge in [0, 0.05) is 19.6 Å². The molecule has 0 spiro atoms. The second-order valence-electron chi connectivity index (χ2n) is 5.62. The molecule has 2 fully saturated rings. The Balaban J connectivity index is 1.69. The van der Waals surface area contributed by atoms with E-state index in [2.05, 4.69) is 32.1 Å². The van der Waals surface area contributed by atoms with E-state index in [0.29, 0.717) is 30.5 Å². The lowest BCUT2D eigenvalue weighted by atomic mass is 10.0. The summed E-state index contributed by atoms with van der Waals surface area (Å²) in [5.74, 6) is 1.49. The summed E-state index contributed by atoms with van der Waals surface area (Å²) in [5.41, 5.74) is 6.24. The maximum absolute atomic E-state index is 5.79. The first-order valence-electron chi connectivity index (χ1n) is 7.29. The Morgan fingerprint density at radius 3 is 2.65 bits per heavy atom. The molecule has 110 valence electrons. The van der Waals surface area contributed by atoms with Crippen LogP contribution >= 0.6 is 0 Å². The first-order valence-corrected chi connectivity index (χ1v) is 7.29. The quantitative estimate of drug-likeness (QED) is 0.826. The number of morpholine rings is 1. The standard InChI is InChI=1S/C13H22N6O/c1-2-13(3-4-13)9-15-11-16-10(14)17-12(18-11)19-5-7-20-8-6-19/h2-9H2,1H3,(H3,14,15,16,17,18). The number of nitrogens with one attached hydrogen (secondary N) is 1. The number of rotatable bonds is 5. The lowest BCUT2D eigenvalue weighted by Gasteiger charge is -2.27. The number of nitrogens with zero attached hydrogens (tertiary/aromatic N) is 4. The van der Waals surface area contributed by atoms with Gasteiger partial charge < -0.3 is 20.7 Å². The highest BCUT2D eigenvalue weighted by Gasteiger charge is 2.40. The van der Waals surface area contributed by atoms with Crippen molar-refractivity contribution in [3.05, 3.63) is 0 Å². The Hall–Kier alpha value is -1.63. The molecule has 20 heavy (non-hydrogen) atoms. The number of aromatic nitrogens is 3. The summed E-state index contributed by atoms with van der Waals surface area (Å²) in [7, 11) is 0. The summed E-state index contributed by atoms with van der Waals surface area (Å²) in [5, 5.41) is 3.32. The molecule has 0 atom stereocenters. The fourth-order valence-corrected chi connectivity index (χ4v) is 2.46. The average Bonchev–Trinajstić information content (AvgIpc) is 3.26. The summed E-state index contributed by atoms with van der Waals surface area (Å²) in [6, 6.07) is 0. The third kappa shape index (κ3) is 2.92. The van der Waals surface area contributed by atoms with Crippen molar-refractivity contribution in [2.75, 3.05) is 48.8 Å². The summed E-state index contributed by atoms with van der Waals surface area (Å²) in [4.78, 5) is 15.0. The van der Waals surface area contributed by atoms with Crippen LogP contribution in [0.1, 0.15) is 26.2 Å². The number of anilines is 3. The molecule has 7 heteroatoms. The summed E-state index contributed by atoms with van der Waals surface area (Å²) < 4.78 is 5.34. The second-order valence-corrected chi connectivity index (χ2v) is 5.62. The lowest BCUT2D eigenvalue weighted by Crippen LogP contribution is -2.37. The van der Waals surface area contributed by atoms with E-state index in [0.717, 1.165) is 19.6 Å². The van der Waals surface area contributed by atoms with Crippen LogP contribution in [0, 0.1) is 5.41 Å². The monoisotopic (exact) mass is 278 g/mol. The molecule has 1 aromatic heterocycles. The predicted molar refractivity (Wildman–Crippen MR) is 77.7 cm³/mol. The van der Waals surface area contributed by atoms with Crippen molar-refractivity contribution in [3.8, 4) is 0 Å². The fraction of sp³-hybridized carbons (Fsp3) is 0.769. The molecule has 1 aliphatic carbocycles. The van der Waals surface area contributed by atoms with Gasteiger partial charge in [-0.2, -0.15) is 15.0 Å². The minimum Gasteiger partial charge on any atom is -0.378 e. The molecule has 3 rings (SSSR count). The number of hydrogen-bond acceptors (Lipinski definition) is 7. The molecule has 7 nitrogen and oxygen atoms in total. The minimum absolute atomic E-state index is 0.269. The van der Waals surface area contributed by atoms with Crippen LogP contribution < -0.4 is 16.0 Å². The van der Waals surface area contributed by atoms with Gasteiger partial charge in [-0.1, -0.05) is 6.92 Å². The third-order valence-electron chi connectivity index (χ3n) is 4.26. The molecule has 0 unspecified atom stereocenters. The van der Waals surface area contributed by atoms with Gasteiger partial charge in [0.2, 0.25) is 17.8 Å². The zero-order valence-corrected chi connectivity index (χ0v) is 11.9. The molecule has 2 aliphatic rings. The van der Waals surface area contributed by atoms with Crippen molar-refractivity contribution in [1.29, 1.82) is 0 Å². The predicted octanol–water partition coefficient (Wildman–Crippen LogP) is 0.892. The van der Waals surface area contributed by atoms with Gasteiger partial charge in [-0.05, 0) is 24.7 Å². The van der Waals surface area contributed by atoms with Crippen LogP contribution in [0.3, 0.4) is 0 Å². The molecular weight excluding hydrogens is 256 g/mol. The molecule has 0 bridgehead atoms. The van der Waals surface area contributed by atoms with Gasteiger partial charge >= 0.3 is 0 Å². The SMILES string of the molecule is CCC1(CNc2nc(N)nc(N3CCOCC3)n2)CC1. The largest absolute Gasteiger partial charge is 0.378 e. The van der Waals surface area contributed by atoms with Crippen molar-refractivity contribution in [3.63, 3.8) is 0 Å². The van der Waals surface area contributed by atoms with E-state index in [4.69, 9.17) is 10.5 Å².